The summed E-state index contributed by atoms with van der Waals surface area (Å²) in [6.07, 6.45) is 0. The highest BCUT2D eigenvalue weighted by molar-refractivity contribution is 7.90. The molecule has 0 aliphatic rings. The molecule has 2 aromatic heterocycles. The Morgan fingerprint density at radius 1 is 0.742 bits per heavy atom. The minimum absolute atomic E-state index is 0.184. The van der Waals surface area contributed by atoms with Crippen molar-refractivity contribution in [3.63, 3.8) is 0 Å². The Morgan fingerprint density at radius 2 is 1.42 bits per heavy atom. The molecule has 31 heavy (non-hydrogen) atoms. The second-order valence-corrected chi connectivity index (χ2v) is 9.11. The number of aromatic nitrogens is 2. The lowest BCUT2D eigenvalue weighted by atomic mass is 10.1. The van der Waals surface area contributed by atoms with E-state index in [1.807, 2.05) is 42.5 Å². The molecule has 5 rings (SSSR count). The fourth-order valence-corrected chi connectivity index (χ4v) is 5.16. The van der Waals surface area contributed by atoms with Gasteiger partial charge in [-0.3, -0.25) is 0 Å². The minimum Gasteiger partial charge on any atom is -0.217 e. The smallest absolute Gasteiger partial charge is 0.217 e. The van der Waals surface area contributed by atoms with Gasteiger partial charge >= 0.3 is 0 Å². The Bertz CT molecular complexity index is 1600. The van der Waals surface area contributed by atoms with Crippen molar-refractivity contribution in [1.82, 2.24) is 8.96 Å². The average Bonchev–Trinajstić information content (AvgIpc) is 3.12. The van der Waals surface area contributed by atoms with Gasteiger partial charge in [0, 0.05) is 21.9 Å². The summed E-state index contributed by atoms with van der Waals surface area (Å²) in [5.41, 5.74) is 2.51. The molecule has 0 fully saturated rings. The molecule has 0 saturated carbocycles. The molecular weight excluding hydrogens is 428 g/mol. The summed E-state index contributed by atoms with van der Waals surface area (Å²) in [6.45, 7) is 0. The fourth-order valence-electron chi connectivity index (χ4n) is 3.52. The first-order valence-corrected chi connectivity index (χ1v) is 11.3. The third-order valence-corrected chi connectivity index (χ3v) is 6.87. The molecule has 0 radical (unpaired) electrons. The van der Waals surface area contributed by atoms with Crippen LogP contribution in [0.3, 0.4) is 0 Å². The standard InChI is InChI=1S/C25H15ClN2O2S/c26-24-16-14-21-22-17-19(12-11-18-7-3-1-4-8-18)13-15-23(22)28(25(21)27-24)31(29,30)20-9-5-2-6-10-20/h1-10,13-17H. The number of hydrogen-bond donors (Lipinski definition) is 0. The van der Waals surface area contributed by atoms with E-state index < -0.39 is 10.0 Å². The summed E-state index contributed by atoms with van der Waals surface area (Å²) in [5.74, 6) is 6.29. The van der Waals surface area contributed by atoms with Gasteiger partial charge < -0.3 is 0 Å². The second-order valence-electron chi connectivity index (χ2n) is 6.94. The number of nitrogens with zero attached hydrogens (tertiary/aromatic N) is 2. The van der Waals surface area contributed by atoms with Crippen molar-refractivity contribution in [1.29, 1.82) is 0 Å². The summed E-state index contributed by atoms with van der Waals surface area (Å²) in [5, 5.41) is 1.67. The normalized spacial score (nSPS) is 11.4. The van der Waals surface area contributed by atoms with Crippen molar-refractivity contribution in [2.45, 2.75) is 4.90 Å². The summed E-state index contributed by atoms with van der Waals surface area (Å²) in [6, 6.07) is 26.9. The van der Waals surface area contributed by atoms with Crippen molar-refractivity contribution in [2.24, 2.45) is 0 Å². The summed E-state index contributed by atoms with van der Waals surface area (Å²) in [7, 11) is -3.87. The van der Waals surface area contributed by atoms with Crippen LogP contribution in [0, 0.1) is 11.8 Å². The van der Waals surface area contributed by atoms with Gasteiger partial charge in [-0.2, -0.15) is 0 Å². The van der Waals surface area contributed by atoms with Crippen molar-refractivity contribution >= 4 is 43.6 Å². The number of halogens is 1. The van der Waals surface area contributed by atoms with Gasteiger partial charge in [-0.05, 0) is 54.6 Å². The van der Waals surface area contributed by atoms with E-state index in [2.05, 4.69) is 16.8 Å². The van der Waals surface area contributed by atoms with E-state index in [-0.39, 0.29) is 10.0 Å². The van der Waals surface area contributed by atoms with Crippen LogP contribution in [0.1, 0.15) is 11.1 Å². The van der Waals surface area contributed by atoms with Gasteiger partial charge in [0.05, 0.1) is 10.4 Å². The van der Waals surface area contributed by atoms with E-state index in [1.54, 1.807) is 48.5 Å². The zero-order chi connectivity index (χ0) is 21.4. The third kappa shape index (κ3) is 3.46. The molecule has 0 aliphatic heterocycles. The molecule has 0 spiro atoms. The van der Waals surface area contributed by atoms with Crippen molar-refractivity contribution in [2.75, 3.05) is 0 Å². The molecule has 5 aromatic rings. The van der Waals surface area contributed by atoms with Crippen molar-refractivity contribution < 1.29 is 8.42 Å². The van der Waals surface area contributed by atoms with Gasteiger partial charge in [-0.15, -0.1) is 0 Å². The van der Waals surface area contributed by atoms with Crippen LogP contribution in [0.25, 0.3) is 21.9 Å². The minimum atomic E-state index is -3.87. The van der Waals surface area contributed by atoms with Gasteiger partial charge in [-0.25, -0.2) is 17.4 Å². The van der Waals surface area contributed by atoms with E-state index >= 15 is 0 Å². The van der Waals surface area contributed by atoms with Crippen LogP contribution in [0.15, 0.2) is 95.9 Å². The highest BCUT2D eigenvalue weighted by Gasteiger charge is 2.24. The summed E-state index contributed by atoms with van der Waals surface area (Å²) >= 11 is 6.12. The Morgan fingerprint density at radius 3 is 2.16 bits per heavy atom. The SMILES string of the molecule is O=S(=O)(c1ccccc1)n1c2ccc(C#Cc3ccccc3)cc2c2ccc(Cl)nc21. The number of benzene rings is 3. The lowest BCUT2D eigenvalue weighted by molar-refractivity contribution is 0.590. The molecule has 6 heteroatoms. The zero-order valence-electron chi connectivity index (χ0n) is 16.2. The van der Waals surface area contributed by atoms with E-state index in [9.17, 15) is 8.42 Å². The Balaban J connectivity index is 1.76. The number of pyridine rings is 1. The number of rotatable bonds is 2. The Kier molecular flexibility index (Phi) is 4.74. The van der Waals surface area contributed by atoms with Gasteiger partial charge in [0.25, 0.3) is 10.0 Å². The number of fused-ring (bicyclic) bond motifs is 3. The third-order valence-electron chi connectivity index (χ3n) is 4.95. The lowest BCUT2D eigenvalue weighted by Crippen LogP contribution is -2.13. The lowest BCUT2D eigenvalue weighted by Gasteiger charge is -2.08. The van der Waals surface area contributed by atoms with Crippen LogP contribution in [0.5, 0.6) is 0 Å². The predicted octanol–water partition coefficient (Wildman–Crippen LogP) is 5.48. The molecule has 0 saturated heterocycles. The molecule has 150 valence electrons. The first-order chi connectivity index (χ1) is 15.0. The fraction of sp³-hybridized carbons (Fsp3) is 0. The quantitative estimate of drug-likeness (QED) is 0.268. The maximum Gasteiger partial charge on any atom is 0.269 e. The maximum atomic E-state index is 13.5. The average molecular weight is 443 g/mol. The first kappa shape index (κ1) is 19.4. The molecule has 0 bridgehead atoms. The Labute approximate surface area is 184 Å². The van der Waals surface area contributed by atoms with Crippen LogP contribution in [0.4, 0.5) is 0 Å². The molecule has 3 aromatic carbocycles. The monoisotopic (exact) mass is 442 g/mol. The molecule has 0 unspecified atom stereocenters. The van der Waals surface area contributed by atoms with E-state index in [4.69, 9.17) is 11.6 Å². The molecule has 0 N–H and O–H groups in total. The van der Waals surface area contributed by atoms with E-state index in [1.165, 1.54) is 3.97 Å². The van der Waals surface area contributed by atoms with E-state index in [0.29, 0.717) is 16.6 Å². The number of hydrogen-bond acceptors (Lipinski definition) is 3. The Hall–Kier alpha value is -3.59. The van der Waals surface area contributed by atoms with Gasteiger partial charge in [-0.1, -0.05) is 59.8 Å². The molecule has 2 heterocycles. The predicted molar refractivity (Wildman–Crippen MR) is 124 cm³/mol. The van der Waals surface area contributed by atoms with Crippen LogP contribution < -0.4 is 0 Å². The summed E-state index contributed by atoms with van der Waals surface area (Å²) < 4.78 is 28.2. The summed E-state index contributed by atoms with van der Waals surface area (Å²) in [4.78, 5) is 4.52. The topological polar surface area (TPSA) is 52.0 Å². The van der Waals surface area contributed by atoms with Crippen molar-refractivity contribution in [3.05, 3.63) is 107 Å². The largest absolute Gasteiger partial charge is 0.269 e. The molecule has 0 atom stereocenters. The van der Waals surface area contributed by atoms with Crippen LogP contribution in [0.2, 0.25) is 5.15 Å². The van der Waals surface area contributed by atoms with Gasteiger partial charge in [0.15, 0.2) is 5.65 Å². The maximum absolute atomic E-state index is 13.5. The first-order valence-electron chi connectivity index (χ1n) is 9.52. The second kappa shape index (κ2) is 7.59. The van der Waals surface area contributed by atoms with Crippen LogP contribution >= 0.6 is 11.6 Å². The zero-order valence-corrected chi connectivity index (χ0v) is 17.7. The molecule has 0 aliphatic carbocycles. The van der Waals surface area contributed by atoms with Gasteiger partial charge in [0.2, 0.25) is 0 Å². The molecule has 4 nitrogen and oxygen atoms in total. The van der Waals surface area contributed by atoms with Gasteiger partial charge in [0.1, 0.15) is 5.15 Å². The van der Waals surface area contributed by atoms with Crippen molar-refractivity contribution in [3.8, 4) is 11.8 Å². The van der Waals surface area contributed by atoms with E-state index in [0.717, 1.165) is 16.5 Å². The highest BCUT2D eigenvalue weighted by atomic mass is 35.5. The van der Waals surface area contributed by atoms with Crippen LogP contribution in [-0.2, 0) is 10.0 Å². The van der Waals surface area contributed by atoms with Crippen LogP contribution in [-0.4, -0.2) is 17.4 Å². The molecular formula is C25H15ClN2O2S. The highest BCUT2D eigenvalue weighted by Crippen LogP contribution is 2.33. The molecule has 0 amide bonds.